The van der Waals surface area contributed by atoms with Crippen LogP contribution in [0, 0.1) is 5.41 Å². The van der Waals surface area contributed by atoms with Crippen LogP contribution in [0.15, 0.2) is 0 Å². The van der Waals surface area contributed by atoms with Gasteiger partial charge >= 0.3 is 0 Å². The van der Waals surface area contributed by atoms with Crippen molar-refractivity contribution in [1.29, 1.82) is 0 Å². The summed E-state index contributed by atoms with van der Waals surface area (Å²) in [6, 6.07) is 0. The first-order valence-corrected chi connectivity index (χ1v) is 7.84. The zero-order chi connectivity index (χ0) is 13.6. The Morgan fingerprint density at radius 2 is 1.95 bits per heavy atom. The van der Waals surface area contributed by atoms with E-state index in [1.165, 1.54) is 45.3 Å². The Hall–Kier alpha value is -0.160. The third-order valence-electron chi connectivity index (χ3n) is 4.60. The lowest BCUT2D eigenvalue weighted by atomic mass is 9.79. The molecule has 0 aromatic rings. The van der Waals surface area contributed by atoms with Gasteiger partial charge in [-0.1, -0.05) is 0 Å². The summed E-state index contributed by atoms with van der Waals surface area (Å²) in [4.78, 5) is 2.64. The molecule has 4 nitrogen and oxygen atoms in total. The van der Waals surface area contributed by atoms with Crippen molar-refractivity contribution in [1.82, 2.24) is 10.2 Å². The highest BCUT2D eigenvalue weighted by Gasteiger charge is 2.34. The van der Waals surface area contributed by atoms with E-state index in [9.17, 15) is 0 Å². The molecule has 2 aliphatic heterocycles. The molecule has 0 unspecified atom stereocenters. The Bertz CT molecular complexity index is 241. The molecule has 0 aromatic carbocycles. The Balaban J connectivity index is 1.81. The zero-order valence-electron chi connectivity index (χ0n) is 12.6. The summed E-state index contributed by atoms with van der Waals surface area (Å²) in [5, 5.41) is 3.39. The first-order valence-electron chi connectivity index (χ1n) is 7.84. The van der Waals surface area contributed by atoms with Gasteiger partial charge in [0.15, 0.2) is 0 Å². The fourth-order valence-electron chi connectivity index (χ4n) is 3.51. The molecule has 0 bridgehead atoms. The van der Waals surface area contributed by atoms with Crippen molar-refractivity contribution < 1.29 is 9.47 Å². The molecule has 0 spiro atoms. The van der Waals surface area contributed by atoms with Crippen LogP contribution in [-0.2, 0) is 9.47 Å². The van der Waals surface area contributed by atoms with Crippen molar-refractivity contribution in [3.63, 3.8) is 0 Å². The number of rotatable bonds is 6. The van der Waals surface area contributed by atoms with Crippen LogP contribution in [0.2, 0.25) is 0 Å². The summed E-state index contributed by atoms with van der Waals surface area (Å²) in [5.74, 6) is 0. The number of hydrogen-bond acceptors (Lipinski definition) is 4. The molecule has 112 valence electrons. The summed E-state index contributed by atoms with van der Waals surface area (Å²) in [5.41, 5.74) is 0.422. The van der Waals surface area contributed by atoms with Gasteiger partial charge in [-0.3, -0.25) is 0 Å². The van der Waals surface area contributed by atoms with Gasteiger partial charge in [0.1, 0.15) is 0 Å². The van der Waals surface area contributed by atoms with E-state index in [0.29, 0.717) is 11.5 Å². The Kier molecular flexibility index (Phi) is 6.07. The summed E-state index contributed by atoms with van der Waals surface area (Å²) >= 11 is 0. The predicted molar refractivity (Wildman–Crippen MR) is 77.5 cm³/mol. The van der Waals surface area contributed by atoms with Crippen LogP contribution in [0.25, 0.3) is 0 Å². The quantitative estimate of drug-likeness (QED) is 0.793. The van der Waals surface area contributed by atoms with Crippen molar-refractivity contribution >= 4 is 0 Å². The first kappa shape index (κ1) is 15.2. The maximum Gasteiger partial charge on any atom is 0.0599 e. The van der Waals surface area contributed by atoms with Gasteiger partial charge in [-0.2, -0.15) is 0 Å². The van der Waals surface area contributed by atoms with Crippen molar-refractivity contribution in [2.45, 2.75) is 38.7 Å². The van der Waals surface area contributed by atoms with Crippen LogP contribution in [-0.4, -0.2) is 64.1 Å². The van der Waals surface area contributed by atoms with Crippen LogP contribution in [0.4, 0.5) is 0 Å². The minimum atomic E-state index is 0.422. The van der Waals surface area contributed by atoms with E-state index >= 15 is 0 Å². The van der Waals surface area contributed by atoms with Gasteiger partial charge < -0.3 is 19.7 Å². The topological polar surface area (TPSA) is 33.7 Å². The molecular weight excluding hydrogens is 240 g/mol. The number of likely N-dealkylation sites (tertiary alicyclic amines) is 1. The number of hydrogen-bond donors (Lipinski definition) is 1. The highest BCUT2D eigenvalue weighted by atomic mass is 16.5. The Morgan fingerprint density at radius 1 is 1.26 bits per heavy atom. The number of ether oxygens (including phenoxy) is 2. The van der Waals surface area contributed by atoms with Crippen molar-refractivity contribution in [2.24, 2.45) is 5.41 Å². The first-order chi connectivity index (χ1) is 9.28. The summed E-state index contributed by atoms with van der Waals surface area (Å²) in [6.07, 6.45) is 5.27. The van der Waals surface area contributed by atoms with Crippen LogP contribution < -0.4 is 5.32 Å². The highest BCUT2D eigenvalue weighted by molar-refractivity contribution is 4.88. The fourth-order valence-corrected chi connectivity index (χ4v) is 3.51. The molecule has 2 saturated heterocycles. The molecule has 4 heteroatoms. The maximum absolute atomic E-state index is 5.73. The molecule has 2 heterocycles. The van der Waals surface area contributed by atoms with Gasteiger partial charge in [0.25, 0.3) is 0 Å². The zero-order valence-corrected chi connectivity index (χ0v) is 12.6. The van der Waals surface area contributed by atoms with E-state index in [1.807, 2.05) is 0 Å². The van der Waals surface area contributed by atoms with Gasteiger partial charge in [-0.25, -0.2) is 0 Å². The number of nitrogens with zero attached hydrogens (tertiary/aromatic N) is 1. The van der Waals surface area contributed by atoms with Gasteiger partial charge in [-0.05, 0) is 45.1 Å². The third-order valence-corrected chi connectivity index (χ3v) is 4.60. The molecule has 0 radical (unpaired) electrons. The molecule has 2 aliphatic rings. The second-order valence-electron chi connectivity index (χ2n) is 6.07. The molecule has 0 saturated carbocycles. The third kappa shape index (κ3) is 4.42. The van der Waals surface area contributed by atoms with Crippen molar-refractivity contribution in [2.75, 3.05) is 53.0 Å². The molecule has 0 atom stereocenters. The van der Waals surface area contributed by atoms with Crippen LogP contribution in [0.5, 0.6) is 0 Å². The maximum atomic E-state index is 5.73. The Morgan fingerprint density at radius 3 is 2.53 bits per heavy atom. The number of nitrogens with one attached hydrogen (secondary N) is 1. The van der Waals surface area contributed by atoms with E-state index in [4.69, 9.17) is 9.47 Å². The fraction of sp³-hybridized carbons (Fsp3) is 1.00. The lowest BCUT2D eigenvalue weighted by molar-refractivity contribution is -0.0263. The lowest BCUT2D eigenvalue weighted by Gasteiger charge is -2.43. The molecule has 2 fully saturated rings. The number of piperidine rings is 1. The molecular formula is C15H30N2O2. The molecule has 0 aromatic heterocycles. The van der Waals surface area contributed by atoms with Gasteiger partial charge in [0.2, 0.25) is 0 Å². The van der Waals surface area contributed by atoms with Crippen LogP contribution in [0.1, 0.15) is 32.6 Å². The molecule has 1 N–H and O–H groups in total. The molecule has 0 amide bonds. The van der Waals surface area contributed by atoms with E-state index in [1.54, 1.807) is 0 Å². The van der Waals surface area contributed by atoms with E-state index in [-0.39, 0.29) is 0 Å². The SMILES string of the molecule is CCOC1CCN(CC2(CNC)CCOCC2)CC1. The average Bonchev–Trinajstić information content (AvgIpc) is 2.43. The van der Waals surface area contributed by atoms with Crippen LogP contribution >= 0.6 is 0 Å². The summed E-state index contributed by atoms with van der Waals surface area (Å²) in [7, 11) is 2.07. The Labute approximate surface area is 117 Å². The predicted octanol–water partition coefficient (Wildman–Crippen LogP) is 1.50. The van der Waals surface area contributed by atoms with E-state index in [0.717, 1.165) is 26.4 Å². The second-order valence-corrected chi connectivity index (χ2v) is 6.07. The van der Waals surface area contributed by atoms with E-state index < -0.39 is 0 Å². The highest BCUT2D eigenvalue weighted by Crippen LogP contribution is 2.32. The molecule has 0 aliphatic carbocycles. The monoisotopic (exact) mass is 270 g/mol. The van der Waals surface area contributed by atoms with Gasteiger partial charge in [0.05, 0.1) is 6.10 Å². The summed E-state index contributed by atoms with van der Waals surface area (Å²) < 4.78 is 11.3. The van der Waals surface area contributed by atoms with Crippen LogP contribution in [0.3, 0.4) is 0 Å². The largest absolute Gasteiger partial charge is 0.381 e. The van der Waals surface area contributed by atoms with Crippen molar-refractivity contribution in [3.8, 4) is 0 Å². The minimum Gasteiger partial charge on any atom is -0.381 e. The average molecular weight is 270 g/mol. The molecule has 19 heavy (non-hydrogen) atoms. The lowest BCUT2D eigenvalue weighted by Crippen LogP contribution is -2.49. The smallest absolute Gasteiger partial charge is 0.0599 e. The molecule has 2 rings (SSSR count). The van der Waals surface area contributed by atoms with Gasteiger partial charge in [-0.15, -0.1) is 0 Å². The normalized spacial score (nSPS) is 25.6. The minimum absolute atomic E-state index is 0.422. The standard InChI is InChI=1S/C15H30N2O2/c1-3-19-14-4-8-17(9-5-14)13-15(12-16-2)6-10-18-11-7-15/h14,16H,3-13H2,1-2H3. The van der Waals surface area contributed by atoms with Crippen molar-refractivity contribution in [3.05, 3.63) is 0 Å². The second kappa shape index (κ2) is 7.58. The van der Waals surface area contributed by atoms with Gasteiger partial charge in [0, 0.05) is 46.0 Å². The summed E-state index contributed by atoms with van der Waals surface area (Å²) in [6.45, 7) is 9.52. The van der Waals surface area contributed by atoms with E-state index in [2.05, 4.69) is 24.2 Å².